The summed E-state index contributed by atoms with van der Waals surface area (Å²) in [5.41, 5.74) is 1.32. The van der Waals surface area contributed by atoms with E-state index in [0.717, 1.165) is 17.1 Å². The van der Waals surface area contributed by atoms with E-state index < -0.39 is 0 Å². The van der Waals surface area contributed by atoms with E-state index in [9.17, 15) is 9.18 Å². The standard InChI is InChI=1S/C22H22FNO4/c1-16-22(28-15-17-3-5-18(23)6-4-17)21(25)11-12-24(16)13-14-27-20-9-7-19(26-2)8-10-20/h3-12H,13-15H2,1-2H3. The molecule has 28 heavy (non-hydrogen) atoms. The fourth-order valence-corrected chi connectivity index (χ4v) is 2.74. The molecule has 0 unspecified atom stereocenters. The Morgan fingerprint density at radius 1 is 0.929 bits per heavy atom. The van der Waals surface area contributed by atoms with E-state index in [1.807, 2.05) is 35.8 Å². The van der Waals surface area contributed by atoms with Gasteiger partial charge >= 0.3 is 0 Å². The number of pyridine rings is 1. The molecule has 0 aliphatic carbocycles. The molecule has 0 amide bonds. The molecule has 0 fully saturated rings. The number of rotatable bonds is 8. The van der Waals surface area contributed by atoms with Crippen LogP contribution in [0.1, 0.15) is 11.3 Å². The van der Waals surface area contributed by atoms with E-state index in [-0.39, 0.29) is 23.6 Å². The monoisotopic (exact) mass is 383 g/mol. The molecular weight excluding hydrogens is 361 g/mol. The highest BCUT2D eigenvalue weighted by Crippen LogP contribution is 2.18. The first-order valence-corrected chi connectivity index (χ1v) is 8.91. The molecule has 2 aromatic carbocycles. The average Bonchev–Trinajstić information content (AvgIpc) is 2.71. The maximum Gasteiger partial charge on any atom is 0.223 e. The molecule has 0 atom stereocenters. The molecule has 3 rings (SSSR count). The van der Waals surface area contributed by atoms with Crippen LogP contribution in [0.15, 0.2) is 65.6 Å². The lowest BCUT2D eigenvalue weighted by Crippen LogP contribution is -2.17. The Morgan fingerprint density at radius 2 is 1.61 bits per heavy atom. The average molecular weight is 383 g/mol. The van der Waals surface area contributed by atoms with E-state index in [2.05, 4.69) is 0 Å². The summed E-state index contributed by atoms with van der Waals surface area (Å²) in [6, 6.07) is 14.8. The molecule has 3 aromatic rings. The van der Waals surface area contributed by atoms with Gasteiger partial charge < -0.3 is 18.8 Å². The van der Waals surface area contributed by atoms with Crippen LogP contribution in [0.4, 0.5) is 4.39 Å². The fourth-order valence-electron chi connectivity index (χ4n) is 2.74. The number of methoxy groups -OCH3 is 1. The van der Waals surface area contributed by atoms with Gasteiger partial charge in [-0.2, -0.15) is 0 Å². The Balaban J connectivity index is 1.62. The Bertz CT molecular complexity index is 965. The van der Waals surface area contributed by atoms with E-state index in [1.54, 1.807) is 25.4 Å². The Morgan fingerprint density at radius 3 is 2.29 bits per heavy atom. The predicted octanol–water partition coefficient (Wildman–Crippen LogP) is 3.96. The summed E-state index contributed by atoms with van der Waals surface area (Å²) in [6.45, 7) is 3.02. The van der Waals surface area contributed by atoms with Crippen LogP contribution >= 0.6 is 0 Å². The van der Waals surface area contributed by atoms with Gasteiger partial charge in [0, 0.05) is 12.3 Å². The van der Waals surface area contributed by atoms with Crippen LogP contribution in [0.2, 0.25) is 0 Å². The minimum Gasteiger partial charge on any atom is -0.497 e. The maximum absolute atomic E-state index is 13.0. The van der Waals surface area contributed by atoms with Crippen molar-refractivity contribution >= 4 is 0 Å². The van der Waals surface area contributed by atoms with Gasteiger partial charge in [-0.25, -0.2) is 4.39 Å². The second-order valence-electron chi connectivity index (χ2n) is 6.23. The predicted molar refractivity (Wildman–Crippen MR) is 105 cm³/mol. The lowest BCUT2D eigenvalue weighted by molar-refractivity contribution is 0.283. The number of aromatic nitrogens is 1. The second kappa shape index (κ2) is 9.08. The van der Waals surface area contributed by atoms with Gasteiger partial charge in [0.05, 0.1) is 19.3 Å². The van der Waals surface area contributed by atoms with Crippen molar-refractivity contribution in [2.45, 2.75) is 20.1 Å². The van der Waals surface area contributed by atoms with Crippen molar-refractivity contribution in [3.63, 3.8) is 0 Å². The van der Waals surface area contributed by atoms with E-state index >= 15 is 0 Å². The highest BCUT2D eigenvalue weighted by atomic mass is 19.1. The smallest absolute Gasteiger partial charge is 0.223 e. The number of nitrogens with zero attached hydrogens (tertiary/aromatic N) is 1. The van der Waals surface area contributed by atoms with Crippen LogP contribution in [0.5, 0.6) is 17.2 Å². The largest absolute Gasteiger partial charge is 0.497 e. The van der Waals surface area contributed by atoms with Crippen LogP contribution in [0.3, 0.4) is 0 Å². The molecule has 0 saturated carbocycles. The number of hydrogen-bond donors (Lipinski definition) is 0. The Labute approximate surface area is 162 Å². The number of ether oxygens (including phenoxy) is 3. The van der Waals surface area contributed by atoms with Crippen molar-refractivity contribution in [3.8, 4) is 17.2 Å². The molecule has 0 spiro atoms. The van der Waals surface area contributed by atoms with E-state index in [0.29, 0.717) is 18.8 Å². The summed E-state index contributed by atoms with van der Waals surface area (Å²) in [5.74, 6) is 1.49. The molecule has 0 aliphatic heterocycles. The van der Waals surface area contributed by atoms with Crippen molar-refractivity contribution < 1.29 is 18.6 Å². The van der Waals surface area contributed by atoms with Crippen molar-refractivity contribution in [1.29, 1.82) is 0 Å². The zero-order valence-electron chi connectivity index (χ0n) is 15.9. The highest BCUT2D eigenvalue weighted by Gasteiger charge is 2.09. The highest BCUT2D eigenvalue weighted by molar-refractivity contribution is 5.31. The second-order valence-corrected chi connectivity index (χ2v) is 6.23. The van der Waals surface area contributed by atoms with Crippen LogP contribution in [0.25, 0.3) is 0 Å². The van der Waals surface area contributed by atoms with E-state index in [1.165, 1.54) is 18.2 Å². The quantitative estimate of drug-likeness (QED) is 0.591. The normalized spacial score (nSPS) is 10.5. The maximum atomic E-state index is 13.0. The van der Waals surface area contributed by atoms with Crippen molar-refractivity contribution in [1.82, 2.24) is 4.57 Å². The molecule has 5 nitrogen and oxygen atoms in total. The molecule has 0 saturated heterocycles. The Kier molecular flexibility index (Phi) is 6.32. The summed E-state index contributed by atoms with van der Waals surface area (Å²) in [4.78, 5) is 12.2. The first-order chi connectivity index (χ1) is 13.6. The van der Waals surface area contributed by atoms with Gasteiger partial charge in [-0.1, -0.05) is 12.1 Å². The first kappa shape index (κ1) is 19.5. The van der Waals surface area contributed by atoms with Crippen LogP contribution in [0, 0.1) is 12.7 Å². The molecule has 0 N–H and O–H groups in total. The van der Waals surface area contributed by atoms with Gasteiger partial charge in [-0.05, 0) is 48.9 Å². The molecular formula is C22H22FNO4. The summed E-state index contributed by atoms with van der Waals surface area (Å²) < 4.78 is 31.5. The van der Waals surface area contributed by atoms with Gasteiger partial charge in [-0.15, -0.1) is 0 Å². The third kappa shape index (κ3) is 4.91. The zero-order valence-corrected chi connectivity index (χ0v) is 15.9. The summed E-state index contributed by atoms with van der Waals surface area (Å²) in [7, 11) is 1.62. The van der Waals surface area contributed by atoms with Crippen molar-refractivity contribution in [3.05, 3.63) is 88.1 Å². The zero-order chi connectivity index (χ0) is 19.9. The minimum absolute atomic E-state index is 0.188. The number of benzene rings is 2. The SMILES string of the molecule is COc1ccc(OCCn2ccc(=O)c(OCc3ccc(F)cc3)c2C)cc1. The molecule has 0 radical (unpaired) electrons. The Hall–Kier alpha value is -3.28. The number of hydrogen-bond acceptors (Lipinski definition) is 4. The minimum atomic E-state index is -0.307. The molecule has 6 heteroatoms. The lowest BCUT2D eigenvalue weighted by Gasteiger charge is -2.15. The van der Waals surface area contributed by atoms with E-state index in [4.69, 9.17) is 14.2 Å². The topological polar surface area (TPSA) is 49.7 Å². The van der Waals surface area contributed by atoms with Gasteiger partial charge in [-0.3, -0.25) is 4.79 Å². The van der Waals surface area contributed by atoms with Gasteiger partial charge in [0.25, 0.3) is 0 Å². The summed E-state index contributed by atoms with van der Waals surface area (Å²) in [5, 5.41) is 0. The molecule has 0 aliphatic rings. The lowest BCUT2D eigenvalue weighted by atomic mass is 10.2. The van der Waals surface area contributed by atoms with Crippen molar-refractivity contribution in [2.24, 2.45) is 0 Å². The molecule has 1 heterocycles. The first-order valence-electron chi connectivity index (χ1n) is 8.91. The van der Waals surface area contributed by atoms with Crippen LogP contribution < -0.4 is 19.6 Å². The van der Waals surface area contributed by atoms with Crippen LogP contribution in [-0.4, -0.2) is 18.3 Å². The van der Waals surface area contributed by atoms with Gasteiger partial charge in [0.1, 0.15) is 30.5 Å². The molecule has 146 valence electrons. The van der Waals surface area contributed by atoms with Gasteiger partial charge in [0.15, 0.2) is 5.75 Å². The van der Waals surface area contributed by atoms with Crippen LogP contribution in [-0.2, 0) is 13.2 Å². The third-order valence-corrected chi connectivity index (χ3v) is 4.35. The van der Waals surface area contributed by atoms with Crippen molar-refractivity contribution in [2.75, 3.05) is 13.7 Å². The third-order valence-electron chi connectivity index (χ3n) is 4.35. The summed E-state index contributed by atoms with van der Waals surface area (Å²) in [6.07, 6.45) is 1.72. The molecule has 0 bridgehead atoms. The fraction of sp³-hybridized carbons (Fsp3) is 0.227. The number of halogens is 1. The molecule has 1 aromatic heterocycles. The summed E-state index contributed by atoms with van der Waals surface area (Å²) >= 11 is 0. The van der Waals surface area contributed by atoms with Gasteiger partial charge in [0.2, 0.25) is 5.43 Å².